The molecule has 0 bridgehead atoms. The van der Waals surface area contributed by atoms with Crippen LogP contribution in [0.25, 0.3) is 5.57 Å². The molecule has 4 aliphatic rings. The second-order valence-corrected chi connectivity index (χ2v) is 10.8. The standard InChI is InChI=1S/C33H40/c1-25-11-13-26(14-12-25)15-16-27-17-19-28(20-18-27)23-33(30-8-3-2-4-9-30)32-22-21-29-7-5-6-10-31(29)24-32/h2-4,8-9,11,13-14,19,21-25,27,29,31H,5-7,10,12,15-18,20H2,1H3. The van der Waals surface area contributed by atoms with Crippen molar-refractivity contribution in [1.82, 2.24) is 0 Å². The summed E-state index contributed by atoms with van der Waals surface area (Å²) in [6, 6.07) is 11.1. The molecule has 0 amide bonds. The maximum Gasteiger partial charge on any atom is -0.0112 e. The van der Waals surface area contributed by atoms with Crippen LogP contribution in [0.3, 0.4) is 0 Å². The number of hydrogen-bond donors (Lipinski definition) is 0. The summed E-state index contributed by atoms with van der Waals surface area (Å²) in [6.07, 6.45) is 32.9. The van der Waals surface area contributed by atoms with Crippen LogP contribution in [0.5, 0.6) is 0 Å². The van der Waals surface area contributed by atoms with Gasteiger partial charge in [0.05, 0.1) is 0 Å². The Labute approximate surface area is 201 Å². The number of rotatable bonds is 6. The third-order valence-corrected chi connectivity index (χ3v) is 8.30. The van der Waals surface area contributed by atoms with Gasteiger partial charge in [-0.05, 0) is 91.7 Å². The minimum absolute atomic E-state index is 0.720. The Balaban J connectivity index is 1.29. The van der Waals surface area contributed by atoms with E-state index in [-0.39, 0.29) is 0 Å². The maximum absolute atomic E-state index is 2.60. The van der Waals surface area contributed by atoms with Gasteiger partial charge in [0.2, 0.25) is 0 Å². The molecular weight excluding hydrogens is 396 g/mol. The van der Waals surface area contributed by atoms with E-state index in [0.717, 1.165) is 23.7 Å². The minimum atomic E-state index is 0.720. The van der Waals surface area contributed by atoms with Crippen molar-refractivity contribution < 1.29 is 0 Å². The molecule has 4 unspecified atom stereocenters. The zero-order valence-electron chi connectivity index (χ0n) is 20.4. The van der Waals surface area contributed by atoms with Gasteiger partial charge in [-0.2, -0.15) is 0 Å². The fraction of sp³-hybridized carbons (Fsp3) is 0.455. The molecule has 1 aromatic rings. The van der Waals surface area contributed by atoms with Crippen molar-refractivity contribution in [3.05, 3.63) is 101 Å². The third kappa shape index (κ3) is 5.78. The van der Waals surface area contributed by atoms with Gasteiger partial charge in [0.15, 0.2) is 0 Å². The number of benzene rings is 1. The fourth-order valence-electron chi connectivity index (χ4n) is 6.09. The van der Waals surface area contributed by atoms with Crippen molar-refractivity contribution in [2.75, 3.05) is 0 Å². The second-order valence-electron chi connectivity index (χ2n) is 10.8. The summed E-state index contributed by atoms with van der Waals surface area (Å²) in [6.45, 7) is 2.31. The molecule has 1 fully saturated rings. The van der Waals surface area contributed by atoms with E-state index >= 15 is 0 Å². The molecule has 0 heteroatoms. The van der Waals surface area contributed by atoms with Gasteiger partial charge in [-0.25, -0.2) is 0 Å². The lowest BCUT2D eigenvalue weighted by Gasteiger charge is -2.31. The summed E-state index contributed by atoms with van der Waals surface area (Å²) in [5.74, 6) is 3.07. The van der Waals surface area contributed by atoms with Crippen molar-refractivity contribution in [3.8, 4) is 0 Å². The van der Waals surface area contributed by atoms with Crippen LogP contribution >= 0.6 is 0 Å². The Morgan fingerprint density at radius 1 is 0.909 bits per heavy atom. The SMILES string of the molecule is CC1C=CC(CCC2CC=C(C=C(C3=CC4CCCCC4C=C3)c3ccccc3)CC2)=CC1. The Hall–Kier alpha value is -2.34. The summed E-state index contributed by atoms with van der Waals surface area (Å²) in [4.78, 5) is 0. The molecule has 33 heavy (non-hydrogen) atoms. The summed E-state index contributed by atoms with van der Waals surface area (Å²) in [5.41, 5.74) is 7.32. The van der Waals surface area contributed by atoms with Crippen LogP contribution in [0.1, 0.15) is 76.7 Å². The Morgan fingerprint density at radius 3 is 2.52 bits per heavy atom. The quantitative estimate of drug-likeness (QED) is 0.416. The first-order valence-corrected chi connectivity index (χ1v) is 13.5. The predicted molar refractivity (Wildman–Crippen MR) is 143 cm³/mol. The second kappa shape index (κ2) is 10.7. The lowest BCUT2D eigenvalue weighted by Crippen LogP contribution is -2.18. The molecule has 0 N–H and O–H groups in total. The summed E-state index contributed by atoms with van der Waals surface area (Å²) in [5, 5.41) is 0. The van der Waals surface area contributed by atoms with Gasteiger partial charge in [-0.15, -0.1) is 0 Å². The first-order valence-electron chi connectivity index (χ1n) is 13.5. The number of allylic oxidation sites excluding steroid dienone is 12. The average molecular weight is 437 g/mol. The first kappa shape index (κ1) is 22.5. The van der Waals surface area contributed by atoms with Crippen molar-refractivity contribution in [3.63, 3.8) is 0 Å². The highest BCUT2D eigenvalue weighted by molar-refractivity contribution is 5.83. The molecule has 0 nitrogen and oxygen atoms in total. The van der Waals surface area contributed by atoms with Crippen LogP contribution < -0.4 is 0 Å². The molecule has 0 aromatic heterocycles. The van der Waals surface area contributed by atoms with Crippen molar-refractivity contribution in [2.45, 2.75) is 71.1 Å². The Morgan fingerprint density at radius 2 is 1.76 bits per heavy atom. The topological polar surface area (TPSA) is 0 Å². The lowest BCUT2D eigenvalue weighted by molar-refractivity contribution is 0.334. The molecule has 4 aliphatic carbocycles. The zero-order valence-corrected chi connectivity index (χ0v) is 20.4. The number of hydrogen-bond acceptors (Lipinski definition) is 0. The Kier molecular flexibility index (Phi) is 7.30. The van der Waals surface area contributed by atoms with Gasteiger partial charge in [0, 0.05) is 0 Å². The van der Waals surface area contributed by atoms with E-state index in [2.05, 4.69) is 85.9 Å². The monoisotopic (exact) mass is 436 g/mol. The van der Waals surface area contributed by atoms with Crippen LogP contribution in [-0.4, -0.2) is 0 Å². The summed E-state index contributed by atoms with van der Waals surface area (Å²) < 4.78 is 0. The van der Waals surface area contributed by atoms with Crippen LogP contribution in [0.15, 0.2) is 95.7 Å². The van der Waals surface area contributed by atoms with E-state index < -0.39 is 0 Å². The zero-order chi connectivity index (χ0) is 22.5. The highest BCUT2D eigenvalue weighted by atomic mass is 14.3. The van der Waals surface area contributed by atoms with Crippen LogP contribution in [-0.2, 0) is 0 Å². The van der Waals surface area contributed by atoms with E-state index in [4.69, 9.17) is 0 Å². The van der Waals surface area contributed by atoms with E-state index in [1.807, 2.05) is 0 Å². The van der Waals surface area contributed by atoms with Gasteiger partial charge < -0.3 is 0 Å². The molecule has 1 saturated carbocycles. The molecule has 0 heterocycles. The van der Waals surface area contributed by atoms with E-state index in [9.17, 15) is 0 Å². The van der Waals surface area contributed by atoms with Crippen LogP contribution in [0, 0.1) is 23.7 Å². The molecule has 5 rings (SSSR count). The van der Waals surface area contributed by atoms with Gasteiger partial charge in [-0.1, -0.05) is 110 Å². The third-order valence-electron chi connectivity index (χ3n) is 8.30. The largest absolute Gasteiger partial charge is 0.0811 e. The van der Waals surface area contributed by atoms with Gasteiger partial charge in [-0.3, -0.25) is 0 Å². The van der Waals surface area contributed by atoms with Crippen LogP contribution in [0.2, 0.25) is 0 Å². The Bertz CT molecular complexity index is 994. The molecule has 1 aromatic carbocycles. The van der Waals surface area contributed by atoms with Gasteiger partial charge in [0.25, 0.3) is 0 Å². The highest BCUT2D eigenvalue weighted by Crippen LogP contribution is 2.40. The normalized spacial score (nSPS) is 29.7. The van der Waals surface area contributed by atoms with Gasteiger partial charge in [0.1, 0.15) is 0 Å². The molecule has 0 saturated heterocycles. The molecule has 0 aliphatic heterocycles. The average Bonchev–Trinajstić information content (AvgIpc) is 2.88. The van der Waals surface area contributed by atoms with E-state index in [0.29, 0.717) is 0 Å². The molecule has 172 valence electrons. The highest BCUT2D eigenvalue weighted by Gasteiger charge is 2.25. The van der Waals surface area contributed by atoms with Gasteiger partial charge >= 0.3 is 0 Å². The number of fused-ring (bicyclic) bond motifs is 1. The van der Waals surface area contributed by atoms with E-state index in [1.54, 1.807) is 5.57 Å². The predicted octanol–water partition coefficient (Wildman–Crippen LogP) is 9.40. The molecular formula is C33H40. The van der Waals surface area contributed by atoms with Crippen LogP contribution in [0.4, 0.5) is 0 Å². The summed E-state index contributed by atoms with van der Waals surface area (Å²) in [7, 11) is 0. The minimum Gasteiger partial charge on any atom is -0.0811 e. The van der Waals surface area contributed by atoms with Crippen molar-refractivity contribution in [2.24, 2.45) is 23.7 Å². The summed E-state index contributed by atoms with van der Waals surface area (Å²) >= 11 is 0. The maximum atomic E-state index is 2.60. The first-order chi connectivity index (χ1) is 16.2. The van der Waals surface area contributed by atoms with Crippen molar-refractivity contribution in [1.29, 1.82) is 0 Å². The molecule has 4 atom stereocenters. The lowest BCUT2D eigenvalue weighted by atomic mass is 9.74. The fourth-order valence-corrected chi connectivity index (χ4v) is 6.09. The van der Waals surface area contributed by atoms with E-state index in [1.165, 1.54) is 86.5 Å². The smallest absolute Gasteiger partial charge is 0.0112 e. The molecule has 0 radical (unpaired) electrons. The van der Waals surface area contributed by atoms with Crippen molar-refractivity contribution >= 4 is 5.57 Å². The molecule has 0 spiro atoms.